The molecule has 0 spiro atoms. The Bertz CT molecular complexity index is 830. The van der Waals surface area contributed by atoms with Crippen molar-refractivity contribution in [3.63, 3.8) is 0 Å². The minimum Gasteiger partial charge on any atom is -0.371 e. The van der Waals surface area contributed by atoms with Crippen molar-refractivity contribution in [2.24, 2.45) is 0 Å². The van der Waals surface area contributed by atoms with Gasteiger partial charge in [-0.1, -0.05) is 18.2 Å². The lowest BCUT2D eigenvalue weighted by atomic mass is 10.1. The third-order valence-corrected chi connectivity index (χ3v) is 5.05. The number of carbonyl (C=O) groups is 2. The quantitative estimate of drug-likeness (QED) is 0.675. The molecule has 0 bridgehead atoms. The van der Waals surface area contributed by atoms with E-state index in [1.807, 2.05) is 44.4 Å². The van der Waals surface area contributed by atoms with E-state index in [1.54, 1.807) is 18.2 Å². The topological polar surface area (TPSA) is 64.7 Å². The molecule has 1 aliphatic rings. The summed E-state index contributed by atoms with van der Waals surface area (Å²) < 4.78 is 0. The molecule has 0 atom stereocenters. The molecule has 2 aromatic rings. The van der Waals surface area contributed by atoms with E-state index in [2.05, 4.69) is 20.4 Å². The van der Waals surface area contributed by atoms with Crippen LogP contribution in [0.1, 0.15) is 40.0 Å². The molecule has 2 aromatic carbocycles. The number of anilines is 2. The first-order valence-electron chi connectivity index (χ1n) is 10.2. The highest BCUT2D eigenvalue weighted by atomic mass is 16.2. The van der Waals surface area contributed by atoms with Gasteiger partial charge in [0.25, 0.3) is 11.8 Å². The highest BCUT2D eigenvalue weighted by Gasteiger charge is 2.20. The van der Waals surface area contributed by atoms with Crippen molar-refractivity contribution < 1.29 is 9.59 Å². The molecule has 0 unspecified atom stereocenters. The van der Waals surface area contributed by atoms with Gasteiger partial charge in [0.15, 0.2) is 0 Å². The number of benzene rings is 2. The summed E-state index contributed by atoms with van der Waals surface area (Å²) in [5.74, 6) is -0.279. The number of amides is 2. The predicted octanol–water partition coefficient (Wildman–Crippen LogP) is 3.22. The van der Waals surface area contributed by atoms with Gasteiger partial charge in [-0.05, 0) is 70.2 Å². The average Bonchev–Trinajstić information content (AvgIpc) is 3.26. The monoisotopic (exact) mass is 394 g/mol. The first-order valence-corrected chi connectivity index (χ1v) is 10.2. The molecule has 1 aliphatic heterocycles. The number of rotatable bonds is 8. The lowest BCUT2D eigenvalue weighted by Gasteiger charge is -2.22. The lowest BCUT2D eigenvalue weighted by Crippen LogP contribution is -2.29. The largest absolute Gasteiger partial charge is 0.371 e. The molecule has 0 aliphatic carbocycles. The van der Waals surface area contributed by atoms with Gasteiger partial charge in [-0.2, -0.15) is 0 Å². The summed E-state index contributed by atoms with van der Waals surface area (Å²) >= 11 is 0. The zero-order valence-corrected chi connectivity index (χ0v) is 17.3. The molecule has 1 saturated heterocycles. The summed E-state index contributed by atoms with van der Waals surface area (Å²) in [6.07, 6.45) is 3.16. The Morgan fingerprint density at radius 1 is 1.00 bits per heavy atom. The highest BCUT2D eigenvalue weighted by molar-refractivity contribution is 6.06. The summed E-state index contributed by atoms with van der Waals surface area (Å²) in [6.45, 7) is 3.46. The predicted molar refractivity (Wildman–Crippen MR) is 118 cm³/mol. The molecule has 29 heavy (non-hydrogen) atoms. The van der Waals surface area contributed by atoms with E-state index in [4.69, 9.17) is 0 Å². The molecule has 1 fully saturated rings. The molecule has 0 radical (unpaired) electrons. The summed E-state index contributed by atoms with van der Waals surface area (Å²) in [5, 5.41) is 5.93. The number of hydrogen-bond acceptors (Lipinski definition) is 4. The van der Waals surface area contributed by atoms with Crippen LogP contribution >= 0.6 is 0 Å². The van der Waals surface area contributed by atoms with E-state index in [0.717, 1.165) is 44.6 Å². The Kier molecular flexibility index (Phi) is 7.25. The van der Waals surface area contributed by atoms with Gasteiger partial charge in [0.1, 0.15) is 0 Å². The van der Waals surface area contributed by atoms with Crippen molar-refractivity contribution in [3.05, 3.63) is 59.7 Å². The third-order valence-electron chi connectivity index (χ3n) is 5.05. The normalized spacial score (nSPS) is 13.6. The van der Waals surface area contributed by atoms with Crippen molar-refractivity contribution in [2.45, 2.75) is 19.3 Å². The molecular weight excluding hydrogens is 364 g/mol. The van der Waals surface area contributed by atoms with Crippen LogP contribution in [0.4, 0.5) is 11.4 Å². The first kappa shape index (κ1) is 20.9. The van der Waals surface area contributed by atoms with E-state index in [1.165, 1.54) is 0 Å². The van der Waals surface area contributed by atoms with Gasteiger partial charge in [0.05, 0.1) is 5.56 Å². The number of nitrogens with zero attached hydrogens (tertiary/aromatic N) is 2. The fourth-order valence-corrected chi connectivity index (χ4v) is 3.51. The van der Waals surface area contributed by atoms with Gasteiger partial charge in [0.2, 0.25) is 0 Å². The van der Waals surface area contributed by atoms with Crippen LogP contribution in [0.15, 0.2) is 48.5 Å². The van der Waals surface area contributed by atoms with Crippen LogP contribution in [0, 0.1) is 0 Å². The standard InChI is InChI=1S/C23H30N4O2/c1-26(2)14-8-13-24-23(29)20-17-19(11-12-21(20)27-15-6-7-16-27)25-22(28)18-9-4-3-5-10-18/h3-5,9-12,17H,6-8,13-16H2,1-2H3,(H,24,29)(H,25,28). The maximum absolute atomic E-state index is 12.9. The van der Waals surface area contributed by atoms with E-state index >= 15 is 0 Å². The Morgan fingerprint density at radius 2 is 1.72 bits per heavy atom. The molecule has 6 nitrogen and oxygen atoms in total. The minimum atomic E-state index is -0.183. The van der Waals surface area contributed by atoms with Crippen LogP contribution in [0.5, 0.6) is 0 Å². The molecule has 2 amide bonds. The van der Waals surface area contributed by atoms with Gasteiger partial charge in [-0.25, -0.2) is 0 Å². The van der Waals surface area contributed by atoms with Gasteiger partial charge >= 0.3 is 0 Å². The second kappa shape index (κ2) is 10.1. The maximum Gasteiger partial charge on any atom is 0.255 e. The van der Waals surface area contributed by atoms with Crippen LogP contribution in [0.3, 0.4) is 0 Å². The van der Waals surface area contributed by atoms with Crippen molar-refractivity contribution in [1.82, 2.24) is 10.2 Å². The maximum atomic E-state index is 12.9. The summed E-state index contributed by atoms with van der Waals surface area (Å²) in [6, 6.07) is 14.7. The van der Waals surface area contributed by atoms with Crippen LogP contribution in [-0.4, -0.2) is 57.0 Å². The van der Waals surface area contributed by atoms with Crippen molar-refractivity contribution >= 4 is 23.2 Å². The Hall–Kier alpha value is -2.86. The van der Waals surface area contributed by atoms with Gasteiger partial charge < -0.3 is 20.4 Å². The Labute approximate surface area is 172 Å². The van der Waals surface area contributed by atoms with Crippen LogP contribution in [-0.2, 0) is 0 Å². The van der Waals surface area contributed by atoms with E-state index in [9.17, 15) is 9.59 Å². The summed E-state index contributed by atoms with van der Waals surface area (Å²) in [7, 11) is 4.04. The molecule has 154 valence electrons. The molecule has 1 heterocycles. The van der Waals surface area contributed by atoms with Crippen LogP contribution in [0.25, 0.3) is 0 Å². The molecule has 0 saturated carbocycles. The van der Waals surface area contributed by atoms with Gasteiger partial charge in [-0.15, -0.1) is 0 Å². The zero-order chi connectivity index (χ0) is 20.6. The average molecular weight is 395 g/mol. The smallest absolute Gasteiger partial charge is 0.255 e. The van der Waals surface area contributed by atoms with Crippen LogP contribution in [0.2, 0.25) is 0 Å². The molecular formula is C23H30N4O2. The molecule has 0 aromatic heterocycles. The molecule has 2 N–H and O–H groups in total. The Balaban J connectivity index is 1.76. The molecule has 6 heteroatoms. The fourth-order valence-electron chi connectivity index (χ4n) is 3.51. The number of hydrogen-bond donors (Lipinski definition) is 2. The van der Waals surface area contributed by atoms with Gasteiger partial charge in [0, 0.05) is 36.6 Å². The van der Waals surface area contributed by atoms with Gasteiger partial charge in [-0.3, -0.25) is 9.59 Å². The Morgan fingerprint density at radius 3 is 2.41 bits per heavy atom. The van der Waals surface area contributed by atoms with Crippen molar-refractivity contribution in [1.29, 1.82) is 0 Å². The van der Waals surface area contributed by atoms with E-state index < -0.39 is 0 Å². The second-order valence-electron chi connectivity index (χ2n) is 7.66. The third kappa shape index (κ3) is 5.81. The SMILES string of the molecule is CN(C)CCCNC(=O)c1cc(NC(=O)c2ccccc2)ccc1N1CCCC1. The minimum absolute atomic E-state index is 0.0959. The zero-order valence-electron chi connectivity index (χ0n) is 17.3. The number of nitrogens with one attached hydrogen (secondary N) is 2. The van der Waals surface area contributed by atoms with Crippen molar-refractivity contribution in [2.75, 3.05) is 50.5 Å². The first-order chi connectivity index (χ1) is 14.0. The van der Waals surface area contributed by atoms with E-state index in [-0.39, 0.29) is 11.8 Å². The summed E-state index contributed by atoms with van der Waals surface area (Å²) in [5.41, 5.74) is 2.76. The lowest BCUT2D eigenvalue weighted by molar-refractivity contribution is 0.0951. The van der Waals surface area contributed by atoms with E-state index in [0.29, 0.717) is 23.4 Å². The molecule has 3 rings (SSSR count). The fraction of sp³-hybridized carbons (Fsp3) is 0.391. The highest BCUT2D eigenvalue weighted by Crippen LogP contribution is 2.28. The van der Waals surface area contributed by atoms with Crippen molar-refractivity contribution in [3.8, 4) is 0 Å². The number of carbonyl (C=O) groups excluding carboxylic acids is 2. The summed E-state index contributed by atoms with van der Waals surface area (Å²) in [4.78, 5) is 29.7. The van der Waals surface area contributed by atoms with Crippen LogP contribution < -0.4 is 15.5 Å². The second-order valence-corrected chi connectivity index (χ2v) is 7.66.